The molecule has 1 aromatic heterocycles. The summed E-state index contributed by atoms with van der Waals surface area (Å²) < 4.78 is 28.6. The highest BCUT2D eigenvalue weighted by Gasteiger charge is 2.17. The summed E-state index contributed by atoms with van der Waals surface area (Å²) in [5, 5.41) is 11.2. The number of nitrogen functional groups attached to an aromatic ring is 1. The van der Waals surface area contributed by atoms with Gasteiger partial charge in [0.15, 0.2) is 5.82 Å². The van der Waals surface area contributed by atoms with Gasteiger partial charge in [-0.15, -0.1) is 5.10 Å². The number of halogens is 2. The largest absolute Gasteiger partial charge is 0.396 e. The van der Waals surface area contributed by atoms with Crippen LogP contribution in [-0.2, 0) is 0 Å². The van der Waals surface area contributed by atoms with E-state index in [-0.39, 0.29) is 17.1 Å². The monoisotopic (exact) mass is 287 g/mol. The third-order valence-corrected chi connectivity index (χ3v) is 3.04. The molecule has 3 rings (SSSR count). The molecule has 3 aromatic rings. The number of benzene rings is 2. The first-order valence-corrected chi connectivity index (χ1v) is 6.16. The van der Waals surface area contributed by atoms with Crippen molar-refractivity contribution in [1.82, 2.24) is 20.2 Å². The molecule has 0 bridgehead atoms. The Hall–Kier alpha value is -2.83. The number of aryl methyl sites for hydroxylation is 1. The molecule has 2 aromatic carbocycles. The first kappa shape index (κ1) is 13.2. The van der Waals surface area contributed by atoms with Gasteiger partial charge in [-0.2, -0.15) is 4.68 Å². The maximum atomic E-state index is 14.0. The van der Waals surface area contributed by atoms with E-state index in [1.165, 1.54) is 10.7 Å². The van der Waals surface area contributed by atoms with Crippen LogP contribution in [0.25, 0.3) is 17.1 Å². The Labute approximate surface area is 119 Å². The summed E-state index contributed by atoms with van der Waals surface area (Å²) in [7, 11) is 0. The van der Waals surface area contributed by atoms with Crippen molar-refractivity contribution in [2.75, 3.05) is 5.73 Å². The zero-order valence-corrected chi connectivity index (χ0v) is 11.1. The van der Waals surface area contributed by atoms with Crippen LogP contribution in [0.15, 0.2) is 36.4 Å². The summed E-state index contributed by atoms with van der Waals surface area (Å²) in [5.41, 5.74) is 7.05. The average molecular weight is 287 g/mol. The molecule has 0 unspecified atom stereocenters. The van der Waals surface area contributed by atoms with Gasteiger partial charge in [-0.25, -0.2) is 8.78 Å². The Morgan fingerprint density at radius 3 is 2.67 bits per heavy atom. The van der Waals surface area contributed by atoms with E-state index in [0.717, 1.165) is 11.6 Å². The molecule has 0 amide bonds. The van der Waals surface area contributed by atoms with Gasteiger partial charge in [0, 0.05) is 6.07 Å². The lowest BCUT2D eigenvalue weighted by atomic mass is 10.1. The van der Waals surface area contributed by atoms with Gasteiger partial charge in [0.2, 0.25) is 0 Å². The average Bonchev–Trinajstić information content (AvgIpc) is 2.92. The Bertz CT molecular complexity index is 813. The SMILES string of the molecule is Cc1cccc(-n2nnnc2-c2cc(N)c(F)cc2F)c1. The zero-order chi connectivity index (χ0) is 15.0. The van der Waals surface area contributed by atoms with E-state index in [2.05, 4.69) is 15.5 Å². The number of nitrogens with zero attached hydrogens (tertiary/aromatic N) is 4. The molecule has 0 radical (unpaired) electrons. The summed E-state index contributed by atoms with van der Waals surface area (Å²) in [5.74, 6) is -1.43. The van der Waals surface area contributed by atoms with Crippen LogP contribution in [0, 0.1) is 18.6 Å². The molecule has 0 fully saturated rings. The molecule has 21 heavy (non-hydrogen) atoms. The summed E-state index contributed by atoms with van der Waals surface area (Å²) in [6, 6.07) is 9.31. The Kier molecular flexibility index (Phi) is 3.09. The van der Waals surface area contributed by atoms with E-state index in [0.29, 0.717) is 5.69 Å². The number of rotatable bonds is 2. The van der Waals surface area contributed by atoms with Crippen molar-refractivity contribution in [2.45, 2.75) is 6.92 Å². The lowest BCUT2D eigenvalue weighted by Crippen LogP contribution is -2.03. The highest BCUT2D eigenvalue weighted by Crippen LogP contribution is 2.26. The van der Waals surface area contributed by atoms with Crippen LogP contribution in [-0.4, -0.2) is 20.2 Å². The first-order valence-electron chi connectivity index (χ1n) is 6.16. The molecule has 0 aliphatic carbocycles. The maximum Gasteiger partial charge on any atom is 0.190 e. The van der Waals surface area contributed by atoms with Gasteiger partial charge in [-0.3, -0.25) is 0 Å². The fourth-order valence-electron chi connectivity index (χ4n) is 2.03. The van der Waals surface area contributed by atoms with Crippen molar-refractivity contribution in [3.05, 3.63) is 53.6 Å². The zero-order valence-electron chi connectivity index (χ0n) is 11.1. The highest BCUT2D eigenvalue weighted by atomic mass is 19.1. The minimum atomic E-state index is -0.814. The molecule has 0 saturated carbocycles. The third-order valence-electron chi connectivity index (χ3n) is 3.04. The van der Waals surface area contributed by atoms with Gasteiger partial charge in [-0.1, -0.05) is 12.1 Å². The van der Waals surface area contributed by atoms with Crippen LogP contribution < -0.4 is 5.73 Å². The third kappa shape index (κ3) is 2.33. The number of hydrogen-bond donors (Lipinski definition) is 1. The molecule has 0 aliphatic heterocycles. The van der Waals surface area contributed by atoms with E-state index in [1.807, 2.05) is 25.1 Å². The summed E-state index contributed by atoms with van der Waals surface area (Å²) in [6.07, 6.45) is 0. The summed E-state index contributed by atoms with van der Waals surface area (Å²) >= 11 is 0. The molecule has 5 nitrogen and oxygen atoms in total. The lowest BCUT2D eigenvalue weighted by molar-refractivity contribution is 0.587. The molecule has 0 saturated heterocycles. The summed E-state index contributed by atoms with van der Waals surface area (Å²) in [4.78, 5) is 0. The number of aromatic nitrogens is 4. The van der Waals surface area contributed by atoms with Crippen molar-refractivity contribution in [3.8, 4) is 17.1 Å². The number of anilines is 1. The smallest absolute Gasteiger partial charge is 0.190 e. The number of tetrazole rings is 1. The van der Waals surface area contributed by atoms with Crippen LogP contribution in [0.5, 0.6) is 0 Å². The Morgan fingerprint density at radius 2 is 1.90 bits per heavy atom. The van der Waals surface area contributed by atoms with Crippen molar-refractivity contribution >= 4 is 5.69 Å². The molecular formula is C14H11F2N5. The number of hydrogen-bond acceptors (Lipinski definition) is 4. The second-order valence-corrected chi connectivity index (χ2v) is 4.61. The second kappa shape index (κ2) is 4.93. The molecule has 0 aliphatic rings. The Balaban J connectivity index is 2.18. The normalized spacial score (nSPS) is 10.8. The van der Waals surface area contributed by atoms with Gasteiger partial charge < -0.3 is 5.73 Å². The predicted octanol–water partition coefficient (Wildman–Crippen LogP) is 2.50. The topological polar surface area (TPSA) is 69.6 Å². The molecular weight excluding hydrogens is 276 g/mol. The highest BCUT2D eigenvalue weighted by molar-refractivity contribution is 5.63. The maximum absolute atomic E-state index is 14.0. The summed E-state index contributed by atoms with van der Waals surface area (Å²) in [6.45, 7) is 1.92. The van der Waals surface area contributed by atoms with E-state index in [1.54, 1.807) is 6.07 Å². The minimum absolute atomic E-state index is 0.0420. The van der Waals surface area contributed by atoms with Gasteiger partial charge >= 0.3 is 0 Å². The van der Waals surface area contributed by atoms with Gasteiger partial charge in [0.1, 0.15) is 11.6 Å². The van der Waals surface area contributed by atoms with Crippen LogP contribution in [0.4, 0.5) is 14.5 Å². The van der Waals surface area contributed by atoms with Crippen LogP contribution in [0.1, 0.15) is 5.56 Å². The molecule has 106 valence electrons. The van der Waals surface area contributed by atoms with Gasteiger partial charge in [-0.05, 0) is 41.1 Å². The van der Waals surface area contributed by atoms with Crippen LogP contribution in [0.2, 0.25) is 0 Å². The number of nitrogens with two attached hydrogens (primary N) is 1. The predicted molar refractivity (Wildman–Crippen MR) is 73.7 cm³/mol. The molecule has 1 heterocycles. The van der Waals surface area contributed by atoms with Crippen LogP contribution in [0.3, 0.4) is 0 Å². The fraction of sp³-hybridized carbons (Fsp3) is 0.0714. The quantitative estimate of drug-likeness (QED) is 0.735. The molecule has 0 spiro atoms. The van der Waals surface area contributed by atoms with Crippen molar-refractivity contribution in [2.24, 2.45) is 0 Å². The van der Waals surface area contributed by atoms with Crippen molar-refractivity contribution < 1.29 is 8.78 Å². The van der Waals surface area contributed by atoms with E-state index < -0.39 is 11.6 Å². The molecule has 2 N–H and O–H groups in total. The van der Waals surface area contributed by atoms with E-state index in [4.69, 9.17) is 5.73 Å². The van der Waals surface area contributed by atoms with E-state index >= 15 is 0 Å². The van der Waals surface area contributed by atoms with Crippen LogP contribution >= 0.6 is 0 Å². The second-order valence-electron chi connectivity index (χ2n) is 4.61. The minimum Gasteiger partial charge on any atom is -0.396 e. The first-order chi connectivity index (χ1) is 10.1. The van der Waals surface area contributed by atoms with Gasteiger partial charge in [0.05, 0.1) is 16.9 Å². The van der Waals surface area contributed by atoms with Crippen molar-refractivity contribution in [3.63, 3.8) is 0 Å². The Morgan fingerprint density at radius 1 is 1.10 bits per heavy atom. The lowest BCUT2D eigenvalue weighted by Gasteiger charge is -2.07. The van der Waals surface area contributed by atoms with Crippen molar-refractivity contribution in [1.29, 1.82) is 0 Å². The van der Waals surface area contributed by atoms with Gasteiger partial charge in [0.25, 0.3) is 0 Å². The standard InChI is InChI=1S/C14H11F2N5/c1-8-3-2-4-9(5-8)21-14(18-19-20-21)10-6-13(17)12(16)7-11(10)15/h2-7H,17H2,1H3. The molecule has 0 atom stereocenters. The molecule has 7 heteroatoms. The van der Waals surface area contributed by atoms with E-state index in [9.17, 15) is 8.78 Å². The fourth-order valence-corrected chi connectivity index (χ4v) is 2.03.